The van der Waals surface area contributed by atoms with Crippen LogP contribution in [0, 0.1) is 0 Å². The monoisotopic (exact) mass is 350 g/mol. The SMILES string of the molecule is O=C(N[C@H]1CCCN(c2cnccn2)C1)c1nc2ccccc2[nH]c1=O. The second-order valence-electron chi connectivity index (χ2n) is 6.25. The molecule has 8 nitrogen and oxygen atoms in total. The van der Waals surface area contributed by atoms with E-state index in [4.69, 9.17) is 0 Å². The number of anilines is 1. The van der Waals surface area contributed by atoms with Gasteiger partial charge < -0.3 is 15.2 Å². The van der Waals surface area contributed by atoms with Gasteiger partial charge in [0.05, 0.1) is 17.2 Å². The second kappa shape index (κ2) is 6.91. The van der Waals surface area contributed by atoms with E-state index in [9.17, 15) is 9.59 Å². The van der Waals surface area contributed by atoms with Gasteiger partial charge >= 0.3 is 0 Å². The molecular formula is C18H18N6O2. The van der Waals surface area contributed by atoms with Crippen molar-refractivity contribution in [3.63, 3.8) is 0 Å². The fraction of sp³-hybridized carbons (Fsp3) is 0.278. The maximum absolute atomic E-state index is 12.6. The number of amides is 1. The highest BCUT2D eigenvalue weighted by Crippen LogP contribution is 2.16. The van der Waals surface area contributed by atoms with Gasteiger partial charge in [-0.15, -0.1) is 0 Å². The number of nitrogens with one attached hydrogen (secondary N) is 2. The number of rotatable bonds is 3. The largest absolute Gasteiger partial charge is 0.353 e. The van der Waals surface area contributed by atoms with Crippen LogP contribution in [0.1, 0.15) is 23.3 Å². The van der Waals surface area contributed by atoms with Crippen molar-refractivity contribution in [1.82, 2.24) is 25.3 Å². The average Bonchev–Trinajstić information content (AvgIpc) is 2.68. The van der Waals surface area contributed by atoms with Gasteiger partial charge in [-0.05, 0) is 25.0 Å². The first kappa shape index (κ1) is 16.2. The van der Waals surface area contributed by atoms with Crippen molar-refractivity contribution >= 4 is 22.8 Å². The number of fused-ring (bicyclic) bond motifs is 1. The summed E-state index contributed by atoms with van der Waals surface area (Å²) in [4.78, 5) is 42.2. The highest BCUT2D eigenvalue weighted by atomic mass is 16.2. The van der Waals surface area contributed by atoms with Crippen LogP contribution in [0.5, 0.6) is 0 Å². The number of benzene rings is 1. The Morgan fingerprint density at radius 1 is 1.27 bits per heavy atom. The van der Waals surface area contributed by atoms with Gasteiger partial charge in [-0.2, -0.15) is 0 Å². The fourth-order valence-corrected chi connectivity index (χ4v) is 3.19. The Morgan fingerprint density at radius 2 is 2.15 bits per heavy atom. The van der Waals surface area contributed by atoms with Crippen LogP contribution in [-0.4, -0.2) is 45.0 Å². The third kappa shape index (κ3) is 3.26. The first-order valence-electron chi connectivity index (χ1n) is 8.51. The van der Waals surface area contributed by atoms with Crippen LogP contribution < -0.4 is 15.8 Å². The molecule has 4 rings (SSSR count). The molecule has 3 heterocycles. The lowest BCUT2D eigenvalue weighted by atomic mass is 10.1. The molecule has 0 spiro atoms. The summed E-state index contributed by atoms with van der Waals surface area (Å²) in [5.74, 6) is 0.330. The van der Waals surface area contributed by atoms with Crippen LogP contribution in [0.3, 0.4) is 0 Å². The van der Waals surface area contributed by atoms with E-state index in [1.807, 2.05) is 12.1 Å². The number of nitrogens with zero attached hydrogens (tertiary/aromatic N) is 4. The molecule has 1 aliphatic heterocycles. The molecule has 1 aliphatic rings. The molecule has 0 saturated carbocycles. The van der Waals surface area contributed by atoms with Gasteiger partial charge in [0.2, 0.25) is 0 Å². The lowest BCUT2D eigenvalue weighted by molar-refractivity contribution is 0.0926. The zero-order valence-electron chi connectivity index (χ0n) is 14.1. The maximum atomic E-state index is 12.6. The van der Waals surface area contributed by atoms with Crippen molar-refractivity contribution in [3.8, 4) is 0 Å². The molecule has 0 bridgehead atoms. The van der Waals surface area contributed by atoms with Crippen molar-refractivity contribution < 1.29 is 4.79 Å². The van der Waals surface area contributed by atoms with Crippen LogP contribution >= 0.6 is 0 Å². The highest BCUT2D eigenvalue weighted by Gasteiger charge is 2.24. The van der Waals surface area contributed by atoms with Crippen LogP contribution in [0.25, 0.3) is 11.0 Å². The first-order valence-corrected chi connectivity index (χ1v) is 8.51. The minimum absolute atomic E-state index is 0.0778. The molecule has 2 N–H and O–H groups in total. The van der Waals surface area contributed by atoms with Gasteiger partial charge in [0.15, 0.2) is 5.69 Å². The van der Waals surface area contributed by atoms with Gasteiger partial charge in [0, 0.05) is 31.5 Å². The van der Waals surface area contributed by atoms with E-state index in [1.165, 1.54) is 0 Å². The van der Waals surface area contributed by atoms with E-state index >= 15 is 0 Å². The van der Waals surface area contributed by atoms with Gasteiger partial charge in [0.1, 0.15) is 5.82 Å². The molecule has 1 amide bonds. The van der Waals surface area contributed by atoms with Crippen LogP contribution in [-0.2, 0) is 0 Å². The first-order chi connectivity index (χ1) is 12.7. The Labute approximate surface area is 149 Å². The summed E-state index contributed by atoms with van der Waals surface area (Å²) in [7, 11) is 0. The van der Waals surface area contributed by atoms with Crippen molar-refractivity contribution in [3.05, 3.63) is 58.9 Å². The number of piperidine rings is 1. The predicted molar refractivity (Wildman–Crippen MR) is 97.1 cm³/mol. The number of carbonyl (C=O) groups is 1. The molecule has 1 atom stereocenters. The predicted octanol–water partition coefficient (Wildman–Crippen LogP) is 1.11. The minimum atomic E-state index is -0.484. The quantitative estimate of drug-likeness (QED) is 0.733. The topological polar surface area (TPSA) is 104 Å². The van der Waals surface area contributed by atoms with Crippen molar-refractivity contribution in [2.24, 2.45) is 0 Å². The summed E-state index contributed by atoms with van der Waals surface area (Å²) in [5, 5.41) is 2.93. The van der Waals surface area contributed by atoms with Crippen molar-refractivity contribution in [2.45, 2.75) is 18.9 Å². The lowest BCUT2D eigenvalue weighted by Crippen LogP contribution is -2.49. The third-order valence-corrected chi connectivity index (χ3v) is 4.44. The van der Waals surface area contributed by atoms with E-state index in [-0.39, 0.29) is 11.7 Å². The summed E-state index contributed by atoms with van der Waals surface area (Å²) in [5.41, 5.74) is 0.603. The Balaban J connectivity index is 1.51. The number of hydrogen-bond donors (Lipinski definition) is 2. The maximum Gasteiger partial charge on any atom is 0.280 e. The molecule has 8 heteroatoms. The zero-order chi connectivity index (χ0) is 17.9. The Bertz CT molecular complexity index is 988. The number of aromatic nitrogens is 4. The molecule has 132 valence electrons. The third-order valence-electron chi connectivity index (χ3n) is 4.44. The van der Waals surface area contributed by atoms with E-state index in [1.54, 1.807) is 30.7 Å². The van der Waals surface area contributed by atoms with E-state index in [0.29, 0.717) is 17.6 Å². The summed E-state index contributed by atoms with van der Waals surface area (Å²) >= 11 is 0. The minimum Gasteiger partial charge on any atom is -0.353 e. The van der Waals surface area contributed by atoms with Gasteiger partial charge in [0.25, 0.3) is 11.5 Å². The van der Waals surface area contributed by atoms with Crippen molar-refractivity contribution in [2.75, 3.05) is 18.0 Å². The van der Waals surface area contributed by atoms with Crippen molar-refractivity contribution in [1.29, 1.82) is 0 Å². The summed E-state index contributed by atoms with van der Waals surface area (Å²) < 4.78 is 0. The number of carbonyl (C=O) groups excluding carboxylic acids is 1. The fourth-order valence-electron chi connectivity index (χ4n) is 3.19. The molecule has 1 saturated heterocycles. The lowest BCUT2D eigenvalue weighted by Gasteiger charge is -2.33. The summed E-state index contributed by atoms with van der Waals surface area (Å²) in [6.45, 7) is 1.48. The Kier molecular flexibility index (Phi) is 4.30. The normalized spacial score (nSPS) is 17.2. The number of para-hydroxylation sites is 2. The number of hydrogen-bond acceptors (Lipinski definition) is 6. The van der Waals surface area contributed by atoms with Gasteiger partial charge in [-0.3, -0.25) is 14.6 Å². The molecule has 0 aliphatic carbocycles. The van der Waals surface area contributed by atoms with Crippen LogP contribution in [0.4, 0.5) is 5.82 Å². The van der Waals surface area contributed by atoms with E-state index < -0.39 is 11.5 Å². The second-order valence-corrected chi connectivity index (χ2v) is 6.25. The number of aromatic amines is 1. The van der Waals surface area contributed by atoms with Crippen LogP contribution in [0.2, 0.25) is 0 Å². The summed E-state index contributed by atoms with van der Waals surface area (Å²) in [6, 6.07) is 7.06. The van der Waals surface area contributed by atoms with Gasteiger partial charge in [-0.1, -0.05) is 12.1 Å². The number of H-pyrrole nitrogens is 1. The smallest absolute Gasteiger partial charge is 0.280 e. The van der Waals surface area contributed by atoms with E-state index in [0.717, 1.165) is 25.2 Å². The molecule has 0 radical (unpaired) electrons. The Hall–Kier alpha value is -3.29. The van der Waals surface area contributed by atoms with Crippen LogP contribution in [0.15, 0.2) is 47.7 Å². The molecule has 1 fully saturated rings. The van der Waals surface area contributed by atoms with Gasteiger partial charge in [-0.25, -0.2) is 9.97 Å². The van der Waals surface area contributed by atoms with E-state index in [2.05, 4.69) is 30.2 Å². The molecule has 3 aromatic rings. The standard InChI is InChI=1S/C18H18N6O2/c25-17(16-18(26)23-14-6-2-1-5-13(14)22-16)21-12-4-3-9-24(11-12)15-10-19-7-8-20-15/h1-2,5-8,10,12H,3-4,9,11H2,(H,21,25)(H,23,26)/t12-/m0/s1. The highest BCUT2D eigenvalue weighted by molar-refractivity contribution is 5.93. The molecule has 0 unspecified atom stereocenters. The average molecular weight is 350 g/mol. The molecular weight excluding hydrogens is 332 g/mol. The molecule has 2 aromatic heterocycles. The zero-order valence-corrected chi connectivity index (χ0v) is 14.1. The summed E-state index contributed by atoms with van der Waals surface area (Å²) in [6.07, 6.45) is 6.75. The molecule has 1 aromatic carbocycles. The Morgan fingerprint density at radius 3 is 3.00 bits per heavy atom. The molecule has 26 heavy (non-hydrogen) atoms.